The molecule has 3 rings (SSSR count). The Morgan fingerprint density at radius 2 is 1.44 bits per heavy atom. The summed E-state index contributed by atoms with van der Waals surface area (Å²) < 4.78 is 11.4. The molecule has 0 unspecified atom stereocenters. The van der Waals surface area contributed by atoms with Gasteiger partial charge >= 0.3 is 12.0 Å². The van der Waals surface area contributed by atoms with E-state index in [1.54, 1.807) is 30.1 Å². The number of ether oxygens (including phenoxy) is 2. The third-order valence-electron chi connectivity index (χ3n) is 5.31. The standard InChI is InChI=1S/C27H31N3O4/c1-29(2)17-18-30(3)27(32)28-22-15-16-24(23(19-22)26(31)33-4)34-25(20-11-7-5-8-12-20)21-13-9-6-10-14-21/h5-16,19,25H,17-18H2,1-4H3,(H,28,32). The van der Waals surface area contributed by atoms with E-state index in [1.807, 2.05) is 79.7 Å². The third kappa shape index (κ3) is 6.59. The molecule has 178 valence electrons. The molecule has 7 heteroatoms. The molecule has 0 bridgehead atoms. The molecule has 0 aliphatic carbocycles. The number of amides is 2. The fourth-order valence-electron chi connectivity index (χ4n) is 3.36. The lowest BCUT2D eigenvalue weighted by molar-refractivity contribution is 0.0594. The predicted octanol–water partition coefficient (Wildman–Crippen LogP) is 4.67. The minimum absolute atomic E-state index is 0.230. The van der Waals surface area contributed by atoms with E-state index in [9.17, 15) is 9.59 Å². The first-order valence-electron chi connectivity index (χ1n) is 11.0. The van der Waals surface area contributed by atoms with Gasteiger partial charge in [-0.3, -0.25) is 0 Å². The largest absolute Gasteiger partial charge is 0.480 e. The highest BCUT2D eigenvalue weighted by molar-refractivity contribution is 5.96. The van der Waals surface area contributed by atoms with Gasteiger partial charge in [-0.05, 0) is 43.4 Å². The molecule has 0 saturated heterocycles. The van der Waals surface area contributed by atoms with E-state index in [0.717, 1.165) is 17.7 Å². The molecule has 0 spiro atoms. The number of anilines is 1. The van der Waals surface area contributed by atoms with Crippen molar-refractivity contribution >= 4 is 17.7 Å². The van der Waals surface area contributed by atoms with Crippen molar-refractivity contribution in [3.05, 3.63) is 95.6 Å². The van der Waals surface area contributed by atoms with Gasteiger partial charge in [0.2, 0.25) is 0 Å². The lowest BCUT2D eigenvalue weighted by Gasteiger charge is -2.23. The van der Waals surface area contributed by atoms with Gasteiger partial charge in [-0.25, -0.2) is 9.59 Å². The van der Waals surface area contributed by atoms with E-state index in [4.69, 9.17) is 9.47 Å². The highest BCUT2D eigenvalue weighted by Gasteiger charge is 2.21. The van der Waals surface area contributed by atoms with E-state index < -0.39 is 12.1 Å². The molecule has 0 atom stereocenters. The number of carbonyl (C=O) groups is 2. The van der Waals surface area contributed by atoms with Crippen molar-refractivity contribution in [3.63, 3.8) is 0 Å². The third-order valence-corrected chi connectivity index (χ3v) is 5.31. The Morgan fingerprint density at radius 3 is 1.97 bits per heavy atom. The first kappa shape index (κ1) is 24.8. The van der Waals surface area contributed by atoms with Crippen LogP contribution in [0.5, 0.6) is 5.75 Å². The summed E-state index contributed by atoms with van der Waals surface area (Å²) in [4.78, 5) is 28.8. The molecule has 2 amide bonds. The maximum absolute atomic E-state index is 12.6. The number of esters is 1. The Hall–Kier alpha value is -3.84. The number of methoxy groups -OCH3 is 1. The van der Waals surface area contributed by atoms with Gasteiger partial charge in [0.05, 0.1) is 7.11 Å². The SMILES string of the molecule is COC(=O)c1cc(NC(=O)N(C)CCN(C)C)ccc1OC(c1ccccc1)c1ccccc1. The van der Waals surface area contributed by atoms with Crippen LogP contribution < -0.4 is 10.1 Å². The highest BCUT2D eigenvalue weighted by Crippen LogP contribution is 2.32. The van der Waals surface area contributed by atoms with Crippen LogP contribution in [-0.4, -0.2) is 63.1 Å². The van der Waals surface area contributed by atoms with Crippen molar-refractivity contribution in [2.24, 2.45) is 0 Å². The summed E-state index contributed by atoms with van der Waals surface area (Å²) >= 11 is 0. The zero-order chi connectivity index (χ0) is 24.5. The smallest absolute Gasteiger partial charge is 0.341 e. The number of carbonyl (C=O) groups excluding carboxylic acids is 2. The number of nitrogens with one attached hydrogen (secondary N) is 1. The Balaban J connectivity index is 1.88. The number of nitrogens with zero attached hydrogens (tertiary/aromatic N) is 2. The van der Waals surface area contributed by atoms with E-state index >= 15 is 0 Å². The topological polar surface area (TPSA) is 71.1 Å². The zero-order valence-corrected chi connectivity index (χ0v) is 20.0. The van der Waals surface area contributed by atoms with Gasteiger partial charge in [0.15, 0.2) is 0 Å². The lowest BCUT2D eigenvalue weighted by atomic mass is 10.0. The number of hydrogen-bond acceptors (Lipinski definition) is 5. The summed E-state index contributed by atoms with van der Waals surface area (Å²) in [6.45, 7) is 1.31. The maximum atomic E-state index is 12.6. The monoisotopic (exact) mass is 461 g/mol. The Morgan fingerprint density at radius 1 is 0.853 bits per heavy atom. The quantitative estimate of drug-likeness (QED) is 0.469. The van der Waals surface area contributed by atoms with Crippen LogP contribution in [0.1, 0.15) is 27.6 Å². The Kier molecular flexibility index (Phi) is 8.65. The molecule has 0 fully saturated rings. The molecule has 3 aromatic rings. The van der Waals surface area contributed by atoms with Crippen molar-refractivity contribution in [1.29, 1.82) is 0 Å². The molecule has 0 saturated carbocycles. The zero-order valence-electron chi connectivity index (χ0n) is 20.0. The normalized spacial score (nSPS) is 10.8. The minimum atomic E-state index is -0.549. The summed E-state index contributed by atoms with van der Waals surface area (Å²) in [6, 6.07) is 24.3. The second-order valence-corrected chi connectivity index (χ2v) is 8.18. The molecule has 0 aromatic heterocycles. The molecule has 0 aliphatic heterocycles. The number of hydrogen-bond donors (Lipinski definition) is 1. The van der Waals surface area contributed by atoms with E-state index in [0.29, 0.717) is 18.0 Å². The van der Waals surface area contributed by atoms with Crippen LogP contribution in [0.2, 0.25) is 0 Å². The predicted molar refractivity (Wildman–Crippen MR) is 133 cm³/mol. The molecule has 7 nitrogen and oxygen atoms in total. The van der Waals surface area contributed by atoms with Gasteiger partial charge in [-0.15, -0.1) is 0 Å². The summed E-state index contributed by atoms with van der Waals surface area (Å²) in [7, 11) is 6.94. The van der Waals surface area contributed by atoms with E-state index in [-0.39, 0.29) is 11.6 Å². The van der Waals surface area contributed by atoms with Crippen LogP contribution in [0.3, 0.4) is 0 Å². The molecule has 3 aromatic carbocycles. The van der Waals surface area contributed by atoms with Crippen LogP contribution >= 0.6 is 0 Å². The number of rotatable bonds is 9. The Bertz CT molecular complexity index is 1050. The van der Waals surface area contributed by atoms with E-state index in [2.05, 4.69) is 5.32 Å². The van der Waals surface area contributed by atoms with Crippen LogP contribution in [0.4, 0.5) is 10.5 Å². The van der Waals surface area contributed by atoms with Gasteiger partial charge in [-0.1, -0.05) is 60.7 Å². The molecular formula is C27H31N3O4. The van der Waals surface area contributed by atoms with Gasteiger partial charge in [0.1, 0.15) is 17.4 Å². The maximum Gasteiger partial charge on any atom is 0.341 e. The van der Waals surface area contributed by atoms with Crippen LogP contribution in [-0.2, 0) is 4.74 Å². The van der Waals surface area contributed by atoms with Gasteiger partial charge < -0.3 is 24.6 Å². The van der Waals surface area contributed by atoms with Crippen molar-refractivity contribution in [1.82, 2.24) is 9.80 Å². The summed E-state index contributed by atoms with van der Waals surface area (Å²) in [5.41, 5.74) is 2.60. The van der Waals surface area contributed by atoms with Crippen molar-refractivity contribution in [3.8, 4) is 5.75 Å². The second-order valence-electron chi connectivity index (χ2n) is 8.18. The summed E-state index contributed by atoms with van der Waals surface area (Å²) in [5.74, 6) is -0.185. The fraction of sp³-hybridized carbons (Fsp3) is 0.259. The second kappa shape index (κ2) is 11.9. The van der Waals surface area contributed by atoms with Crippen LogP contribution in [0.25, 0.3) is 0 Å². The van der Waals surface area contributed by atoms with Crippen LogP contribution in [0.15, 0.2) is 78.9 Å². The average molecular weight is 462 g/mol. The average Bonchev–Trinajstić information content (AvgIpc) is 2.86. The molecular weight excluding hydrogens is 430 g/mol. The molecule has 0 radical (unpaired) electrons. The Labute approximate surface area is 200 Å². The number of benzene rings is 3. The number of urea groups is 1. The van der Waals surface area contributed by atoms with Gasteiger partial charge in [0, 0.05) is 25.8 Å². The molecule has 0 aliphatic rings. The van der Waals surface area contributed by atoms with Gasteiger partial charge in [0.25, 0.3) is 0 Å². The summed E-state index contributed by atoms with van der Waals surface area (Å²) in [5, 5.41) is 2.83. The van der Waals surface area contributed by atoms with Crippen LogP contribution in [0, 0.1) is 0 Å². The fourth-order valence-corrected chi connectivity index (χ4v) is 3.36. The van der Waals surface area contributed by atoms with Crippen molar-refractivity contribution in [2.45, 2.75) is 6.10 Å². The molecule has 0 heterocycles. The number of likely N-dealkylation sites (N-methyl/N-ethyl adjacent to an activating group) is 2. The molecule has 1 N–H and O–H groups in total. The van der Waals surface area contributed by atoms with Crippen molar-refractivity contribution < 1.29 is 19.1 Å². The summed E-state index contributed by atoms with van der Waals surface area (Å²) in [6.07, 6.45) is -0.427. The first-order valence-corrected chi connectivity index (χ1v) is 11.0. The van der Waals surface area contributed by atoms with Crippen molar-refractivity contribution in [2.75, 3.05) is 46.7 Å². The minimum Gasteiger partial charge on any atom is -0.480 e. The van der Waals surface area contributed by atoms with E-state index in [1.165, 1.54) is 7.11 Å². The molecule has 34 heavy (non-hydrogen) atoms. The van der Waals surface area contributed by atoms with Gasteiger partial charge in [-0.2, -0.15) is 0 Å². The lowest BCUT2D eigenvalue weighted by Crippen LogP contribution is -2.36. The highest BCUT2D eigenvalue weighted by atomic mass is 16.5. The first-order chi connectivity index (χ1) is 16.4.